The molecule has 1 unspecified atom stereocenters. The van der Waals surface area contributed by atoms with E-state index < -0.39 is 65.1 Å². The number of hydrogen-bond acceptors (Lipinski definition) is 7. The number of amides is 5. The zero-order chi connectivity index (χ0) is 33.4. The largest absolute Gasteiger partial charge is 0.461 e. The first-order valence-corrected chi connectivity index (χ1v) is 16.7. The van der Waals surface area contributed by atoms with Crippen LogP contribution in [0, 0.1) is 34.5 Å². The second-order valence-electron chi connectivity index (χ2n) is 15.7. The van der Waals surface area contributed by atoms with E-state index in [-0.39, 0.29) is 35.2 Å². The summed E-state index contributed by atoms with van der Waals surface area (Å²) < 4.78 is 5.66. The Morgan fingerprint density at radius 3 is 2.07 bits per heavy atom. The van der Waals surface area contributed by atoms with E-state index in [2.05, 4.69) is 29.8 Å². The topological polar surface area (TPSA) is 177 Å². The highest BCUT2D eigenvalue weighted by Gasteiger charge is 2.70. The number of carbonyl (C=O) groups excluding carboxylic acids is 6. The zero-order valence-electron chi connectivity index (χ0n) is 27.9. The monoisotopic (exact) mass is 631 g/mol. The van der Waals surface area contributed by atoms with E-state index in [1.54, 1.807) is 0 Å². The Hall–Kier alpha value is -3.18. The van der Waals surface area contributed by atoms with Crippen molar-refractivity contribution in [3.05, 3.63) is 0 Å². The molecule has 1 aliphatic heterocycles. The van der Waals surface area contributed by atoms with Gasteiger partial charge in [0, 0.05) is 6.54 Å². The molecule has 45 heavy (non-hydrogen) atoms. The molecule has 4 aliphatic rings. The number of Topliss-reactive ketones (excluding diaryl/α,β-unsaturated/α-hetero) is 1. The molecule has 0 aromatic heterocycles. The summed E-state index contributed by atoms with van der Waals surface area (Å²) in [5.74, 6) is -3.44. The lowest BCUT2D eigenvalue weighted by molar-refractivity contribution is -0.152. The normalized spacial score (nSPS) is 26.2. The highest BCUT2D eigenvalue weighted by atomic mass is 16.5. The van der Waals surface area contributed by atoms with Crippen molar-refractivity contribution in [3.8, 4) is 0 Å². The predicted octanol–water partition coefficient (Wildman–Crippen LogP) is 2.42. The number of likely N-dealkylation sites (tertiary alicyclic amines) is 1. The van der Waals surface area contributed by atoms with Gasteiger partial charge in [-0.25, -0.2) is 9.59 Å². The number of rotatable bonds is 12. The van der Waals surface area contributed by atoms with Crippen LogP contribution in [0.25, 0.3) is 0 Å². The number of urea groups is 1. The van der Waals surface area contributed by atoms with Crippen molar-refractivity contribution in [1.29, 1.82) is 0 Å². The molecule has 5 amide bonds. The van der Waals surface area contributed by atoms with E-state index >= 15 is 0 Å². The van der Waals surface area contributed by atoms with Crippen LogP contribution in [-0.2, 0) is 28.7 Å². The van der Waals surface area contributed by atoms with E-state index in [9.17, 15) is 28.8 Å². The molecule has 12 nitrogen and oxygen atoms in total. The number of hydrogen-bond donors (Lipinski definition) is 4. The van der Waals surface area contributed by atoms with E-state index in [0.717, 1.165) is 44.9 Å². The third-order valence-corrected chi connectivity index (χ3v) is 10.6. The van der Waals surface area contributed by atoms with Crippen LogP contribution in [-0.4, -0.2) is 77.2 Å². The number of esters is 1. The highest BCUT2D eigenvalue weighted by molar-refractivity contribution is 6.37. The Balaban J connectivity index is 1.49. The van der Waals surface area contributed by atoms with Crippen LogP contribution < -0.4 is 21.7 Å². The molecule has 0 aromatic rings. The molecule has 12 heteroatoms. The van der Waals surface area contributed by atoms with Crippen LogP contribution in [0.3, 0.4) is 0 Å². The van der Waals surface area contributed by atoms with Gasteiger partial charge in [-0.05, 0) is 66.6 Å². The average molecular weight is 632 g/mol. The number of primary amides is 1. The second-order valence-corrected chi connectivity index (χ2v) is 15.7. The van der Waals surface area contributed by atoms with Gasteiger partial charge in [-0.2, -0.15) is 0 Å². The first-order chi connectivity index (χ1) is 20.9. The lowest BCUT2D eigenvalue weighted by atomic mass is 9.80. The molecule has 1 heterocycles. The fourth-order valence-corrected chi connectivity index (χ4v) is 7.41. The molecule has 0 radical (unpaired) electrons. The van der Waals surface area contributed by atoms with Gasteiger partial charge < -0.3 is 31.3 Å². The molecule has 252 valence electrons. The van der Waals surface area contributed by atoms with Crippen molar-refractivity contribution in [2.24, 2.45) is 40.2 Å². The summed E-state index contributed by atoms with van der Waals surface area (Å²) in [6, 6.07) is -4.51. The summed E-state index contributed by atoms with van der Waals surface area (Å²) in [5.41, 5.74) is 4.38. The minimum atomic E-state index is -1.10. The number of nitrogens with two attached hydrogens (primary N) is 1. The zero-order valence-corrected chi connectivity index (χ0v) is 27.9. The number of ketones is 1. The number of piperidine rings is 1. The van der Waals surface area contributed by atoms with Gasteiger partial charge in [-0.1, -0.05) is 67.7 Å². The Morgan fingerprint density at radius 2 is 1.56 bits per heavy atom. The molecule has 0 aromatic carbocycles. The van der Waals surface area contributed by atoms with Gasteiger partial charge in [0.1, 0.15) is 24.2 Å². The van der Waals surface area contributed by atoms with E-state index in [4.69, 9.17) is 10.5 Å². The summed E-state index contributed by atoms with van der Waals surface area (Å²) in [5, 5.41) is 8.31. The molecular weight excluding hydrogens is 578 g/mol. The Morgan fingerprint density at radius 1 is 0.933 bits per heavy atom. The van der Waals surface area contributed by atoms with Gasteiger partial charge >= 0.3 is 12.0 Å². The Kier molecular flexibility index (Phi) is 10.2. The van der Waals surface area contributed by atoms with Crippen LogP contribution in [0.4, 0.5) is 4.79 Å². The Labute approximate surface area is 266 Å². The van der Waals surface area contributed by atoms with Gasteiger partial charge in [0.05, 0.1) is 6.04 Å². The van der Waals surface area contributed by atoms with Gasteiger partial charge in [0.2, 0.25) is 17.6 Å². The standard InChI is InChI=1S/C33H53N5O7/c1-17(2)23(30(43)45-19-13-8-9-14-19)36-31(44)37-26(32(3,4)5)29(42)38-16-20-22(33(20,6)7)24(38)28(41)35-21(25(39)27(34)40)15-18-11-10-12-18/h17-24,26H,8-16H2,1-7H3,(H2,34,40)(H,35,41)(H2,36,37,44)/t20-,21?,22-,23-,24-,26+/m0/s1. The van der Waals surface area contributed by atoms with E-state index in [1.165, 1.54) is 4.90 Å². The molecular formula is C33H53N5O7. The molecule has 5 N–H and O–H groups in total. The van der Waals surface area contributed by atoms with Crippen molar-refractivity contribution in [2.45, 2.75) is 130 Å². The lowest BCUT2D eigenvalue weighted by Gasteiger charge is -2.38. The first kappa shape index (κ1) is 34.7. The maximum absolute atomic E-state index is 14.2. The van der Waals surface area contributed by atoms with E-state index in [0.29, 0.717) is 13.0 Å². The SMILES string of the molecule is CC(C)[C@H](NC(=O)N[C@H](C(=O)N1C[C@H]2[C@@H]([C@H]1C(=O)NC(CC1CCC1)C(=O)C(N)=O)C2(C)C)C(C)(C)C)C(=O)OC1CCCC1. The molecule has 3 saturated carbocycles. The van der Waals surface area contributed by atoms with Crippen LogP contribution in [0.5, 0.6) is 0 Å². The molecule has 4 fully saturated rings. The molecule has 3 aliphatic carbocycles. The number of carbonyl (C=O) groups is 6. The summed E-state index contributed by atoms with van der Waals surface area (Å²) >= 11 is 0. The molecule has 6 atom stereocenters. The van der Waals surface area contributed by atoms with E-state index in [1.807, 2.05) is 34.6 Å². The van der Waals surface area contributed by atoms with Crippen molar-refractivity contribution in [2.75, 3.05) is 6.54 Å². The Bertz CT molecular complexity index is 1180. The quantitative estimate of drug-likeness (QED) is 0.189. The summed E-state index contributed by atoms with van der Waals surface area (Å²) in [6.07, 6.45) is 6.69. The number of ether oxygens (including phenoxy) is 1. The smallest absolute Gasteiger partial charge is 0.329 e. The van der Waals surface area contributed by atoms with Gasteiger partial charge in [-0.3, -0.25) is 19.2 Å². The van der Waals surface area contributed by atoms with Crippen molar-refractivity contribution in [3.63, 3.8) is 0 Å². The number of nitrogens with one attached hydrogen (secondary N) is 3. The van der Waals surface area contributed by atoms with Crippen LogP contribution in [0.1, 0.15) is 99.8 Å². The number of nitrogens with zero attached hydrogens (tertiary/aromatic N) is 1. The maximum atomic E-state index is 14.2. The highest BCUT2D eigenvalue weighted by Crippen LogP contribution is 2.65. The fraction of sp³-hybridized carbons (Fsp3) is 0.818. The second kappa shape index (κ2) is 13.3. The average Bonchev–Trinajstić information content (AvgIpc) is 3.34. The summed E-state index contributed by atoms with van der Waals surface area (Å²) in [6.45, 7) is 13.5. The van der Waals surface area contributed by atoms with Crippen LogP contribution in [0.15, 0.2) is 0 Å². The third-order valence-electron chi connectivity index (χ3n) is 10.6. The number of fused-ring (bicyclic) bond motifs is 1. The predicted molar refractivity (Wildman–Crippen MR) is 166 cm³/mol. The third kappa shape index (κ3) is 7.62. The van der Waals surface area contributed by atoms with Crippen molar-refractivity contribution in [1.82, 2.24) is 20.9 Å². The van der Waals surface area contributed by atoms with Gasteiger partial charge in [-0.15, -0.1) is 0 Å². The minimum absolute atomic E-state index is 0.0687. The first-order valence-electron chi connectivity index (χ1n) is 16.7. The fourth-order valence-electron chi connectivity index (χ4n) is 7.41. The van der Waals surface area contributed by atoms with Gasteiger partial charge in [0.15, 0.2) is 0 Å². The molecule has 1 saturated heterocycles. The van der Waals surface area contributed by atoms with Gasteiger partial charge in [0.25, 0.3) is 5.91 Å². The molecule has 4 rings (SSSR count). The lowest BCUT2D eigenvalue weighted by Crippen LogP contribution is -2.62. The van der Waals surface area contributed by atoms with Crippen LogP contribution in [0.2, 0.25) is 0 Å². The molecule has 0 spiro atoms. The molecule has 0 bridgehead atoms. The summed E-state index contributed by atoms with van der Waals surface area (Å²) in [4.78, 5) is 80.4. The van der Waals surface area contributed by atoms with Crippen molar-refractivity contribution < 1.29 is 33.5 Å². The summed E-state index contributed by atoms with van der Waals surface area (Å²) in [7, 11) is 0. The maximum Gasteiger partial charge on any atom is 0.329 e. The minimum Gasteiger partial charge on any atom is -0.461 e. The van der Waals surface area contributed by atoms with Crippen LogP contribution >= 0.6 is 0 Å². The van der Waals surface area contributed by atoms with Crippen molar-refractivity contribution >= 4 is 35.5 Å².